The van der Waals surface area contributed by atoms with Gasteiger partial charge in [-0.15, -0.1) is 24.0 Å². The number of para-hydroxylation sites is 1. The number of nitrogens with zero attached hydrogens (tertiary/aromatic N) is 3. The smallest absolute Gasteiger partial charge is 0.222 e. The second-order valence-electron chi connectivity index (χ2n) is 7.01. The summed E-state index contributed by atoms with van der Waals surface area (Å²) in [5.41, 5.74) is 1.28. The standard InChI is InChI=1S/C21H31N5O.HI/c1-3-20(27)26-15-11-18(16-26)24-21(22-4-2)23-12-7-13-25-14-10-17-8-5-6-9-19(17)25;/h5-6,8-10,14,18H,3-4,7,11-13,15-16H2,1-2H3,(H2,22,23,24);1H. The van der Waals surface area contributed by atoms with Gasteiger partial charge in [0.2, 0.25) is 5.91 Å². The number of hydrogen-bond acceptors (Lipinski definition) is 2. The summed E-state index contributed by atoms with van der Waals surface area (Å²) in [4.78, 5) is 18.5. The van der Waals surface area contributed by atoms with E-state index in [0.717, 1.165) is 51.5 Å². The Balaban J connectivity index is 0.00000280. The van der Waals surface area contributed by atoms with Crippen LogP contribution in [-0.2, 0) is 11.3 Å². The maximum atomic E-state index is 11.8. The monoisotopic (exact) mass is 497 g/mol. The van der Waals surface area contributed by atoms with Gasteiger partial charge in [-0.2, -0.15) is 0 Å². The van der Waals surface area contributed by atoms with Gasteiger partial charge in [0.1, 0.15) is 0 Å². The van der Waals surface area contributed by atoms with Gasteiger partial charge in [-0.05, 0) is 37.3 Å². The Morgan fingerprint density at radius 2 is 2.07 bits per heavy atom. The van der Waals surface area contributed by atoms with Gasteiger partial charge < -0.3 is 20.1 Å². The number of aliphatic imine (C=N–C) groups is 1. The summed E-state index contributed by atoms with van der Waals surface area (Å²) in [6.07, 6.45) is 4.69. The predicted molar refractivity (Wildman–Crippen MR) is 126 cm³/mol. The molecule has 0 aliphatic carbocycles. The number of benzene rings is 1. The maximum absolute atomic E-state index is 11.8. The summed E-state index contributed by atoms with van der Waals surface area (Å²) >= 11 is 0. The number of nitrogens with one attached hydrogen (secondary N) is 2. The molecular weight excluding hydrogens is 465 g/mol. The summed E-state index contributed by atoms with van der Waals surface area (Å²) in [5, 5.41) is 8.09. The first-order chi connectivity index (χ1) is 13.2. The second kappa shape index (κ2) is 11.3. The molecule has 0 spiro atoms. The lowest BCUT2D eigenvalue weighted by Gasteiger charge is -2.18. The molecule has 0 radical (unpaired) electrons. The van der Waals surface area contributed by atoms with Crippen molar-refractivity contribution in [3.63, 3.8) is 0 Å². The van der Waals surface area contributed by atoms with Crippen LogP contribution >= 0.6 is 24.0 Å². The number of fused-ring (bicyclic) bond motifs is 1. The normalized spacial score (nSPS) is 16.9. The molecule has 1 unspecified atom stereocenters. The Morgan fingerprint density at radius 3 is 2.86 bits per heavy atom. The third kappa shape index (κ3) is 5.86. The summed E-state index contributed by atoms with van der Waals surface area (Å²) in [6, 6.07) is 10.9. The van der Waals surface area contributed by atoms with Crippen LogP contribution < -0.4 is 10.6 Å². The molecule has 28 heavy (non-hydrogen) atoms. The Bertz CT molecular complexity index is 788. The van der Waals surface area contributed by atoms with E-state index in [9.17, 15) is 4.79 Å². The van der Waals surface area contributed by atoms with E-state index in [1.807, 2.05) is 11.8 Å². The molecule has 1 atom stereocenters. The van der Waals surface area contributed by atoms with Gasteiger partial charge >= 0.3 is 0 Å². The van der Waals surface area contributed by atoms with Gasteiger partial charge in [-0.1, -0.05) is 25.1 Å². The lowest BCUT2D eigenvalue weighted by molar-refractivity contribution is -0.129. The molecule has 2 heterocycles. The summed E-state index contributed by atoms with van der Waals surface area (Å²) in [6.45, 7) is 8.16. The Labute approximate surface area is 184 Å². The largest absolute Gasteiger partial charge is 0.357 e. The number of hydrogen-bond donors (Lipinski definition) is 2. The van der Waals surface area contributed by atoms with E-state index in [2.05, 4.69) is 58.7 Å². The molecule has 1 amide bonds. The van der Waals surface area contributed by atoms with Crippen molar-refractivity contribution >= 4 is 46.7 Å². The third-order valence-electron chi connectivity index (χ3n) is 5.04. The van der Waals surface area contributed by atoms with Crippen LogP contribution in [0.25, 0.3) is 10.9 Å². The van der Waals surface area contributed by atoms with E-state index < -0.39 is 0 Å². The average Bonchev–Trinajstić information content (AvgIpc) is 3.32. The highest BCUT2D eigenvalue weighted by Crippen LogP contribution is 2.15. The fourth-order valence-electron chi connectivity index (χ4n) is 3.61. The van der Waals surface area contributed by atoms with Crippen LogP contribution in [0.3, 0.4) is 0 Å². The van der Waals surface area contributed by atoms with E-state index in [0.29, 0.717) is 6.42 Å². The number of carbonyl (C=O) groups is 1. The molecule has 6 nitrogen and oxygen atoms in total. The molecule has 1 aliphatic heterocycles. The molecule has 1 fully saturated rings. The molecule has 0 saturated carbocycles. The molecule has 154 valence electrons. The summed E-state index contributed by atoms with van der Waals surface area (Å²) in [7, 11) is 0. The zero-order valence-corrected chi connectivity index (χ0v) is 19.2. The number of guanidine groups is 1. The Kier molecular flexibility index (Phi) is 9.08. The number of amides is 1. The van der Waals surface area contributed by atoms with Crippen molar-refractivity contribution in [2.45, 2.75) is 45.7 Å². The SMILES string of the molecule is CCNC(=NCCCn1ccc2ccccc21)NC1CCN(C(=O)CC)C1.I. The Hall–Kier alpha value is -1.77. The van der Waals surface area contributed by atoms with Crippen LogP contribution in [0, 0.1) is 0 Å². The molecule has 2 aromatic rings. The predicted octanol–water partition coefficient (Wildman–Crippen LogP) is 3.22. The van der Waals surface area contributed by atoms with Crippen molar-refractivity contribution < 1.29 is 4.79 Å². The number of carbonyl (C=O) groups excluding carboxylic acids is 1. The lowest BCUT2D eigenvalue weighted by Crippen LogP contribution is -2.45. The van der Waals surface area contributed by atoms with Gasteiger partial charge in [0.05, 0.1) is 0 Å². The van der Waals surface area contributed by atoms with Crippen LogP contribution in [0.4, 0.5) is 0 Å². The Morgan fingerprint density at radius 1 is 1.25 bits per heavy atom. The average molecular weight is 497 g/mol. The lowest BCUT2D eigenvalue weighted by atomic mass is 10.2. The molecule has 1 saturated heterocycles. The van der Waals surface area contributed by atoms with Gasteiger partial charge in [0.15, 0.2) is 5.96 Å². The van der Waals surface area contributed by atoms with Crippen molar-refractivity contribution in [2.24, 2.45) is 4.99 Å². The first kappa shape index (κ1) is 22.5. The third-order valence-corrected chi connectivity index (χ3v) is 5.04. The van der Waals surface area contributed by atoms with Crippen LogP contribution in [0.5, 0.6) is 0 Å². The van der Waals surface area contributed by atoms with E-state index in [1.165, 1.54) is 10.9 Å². The molecule has 1 aliphatic rings. The van der Waals surface area contributed by atoms with Gasteiger partial charge in [-0.25, -0.2) is 0 Å². The topological polar surface area (TPSA) is 61.7 Å². The quantitative estimate of drug-likeness (QED) is 0.267. The van der Waals surface area contributed by atoms with Crippen molar-refractivity contribution in [3.05, 3.63) is 36.5 Å². The minimum atomic E-state index is 0. The first-order valence-electron chi connectivity index (χ1n) is 10.1. The van der Waals surface area contributed by atoms with Crippen LogP contribution in [0.15, 0.2) is 41.5 Å². The number of rotatable bonds is 7. The van der Waals surface area contributed by atoms with Crippen LogP contribution in [-0.4, -0.2) is 53.6 Å². The zero-order chi connectivity index (χ0) is 19.1. The fraction of sp³-hybridized carbons (Fsp3) is 0.524. The van der Waals surface area contributed by atoms with Gasteiger partial charge in [-0.3, -0.25) is 9.79 Å². The minimum Gasteiger partial charge on any atom is -0.357 e. The molecule has 2 N–H and O–H groups in total. The van der Waals surface area contributed by atoms with Crippen molar-refractivity contribution in [2.75, 3.05) is 26.2 Å². The number of aromatic nitrogens is 1. The van der Waals surface area contributed by atoms with E-state index in [1.54, 1.807) is 0 Å². The summed E-state index contributed by atoms with van der Waals surface area (Å²) < 4.78 is 2.29. The summed E-state index contributed by atoms with van der Waals surface area (Å²) in [5.74, 6) is 1.09. The minimum absolute atomic E-state index is 0. The van der Waals surface area contributed by atoms with Crippen LogP contribution in [0.1, 0.15) is 33.1 Å². The number of halogens is 1. The van der Waals surface area contributed by atoms with Crippen molar-refractivity contribution in [3.8, 4) is 0 Å². The van der Waals surface area contributed by atoms with E-state index in [-0.39, 0.29) is 35.9 Å². The van der Waals surface area contributed by atoms with Gasteiger partial charge in [0, 0.05) is 56.9 Å². The highest BCUT2D eigenvalue weighted by atomic mass is 127. The molecule has 3 rings (SSSR count). The fourth-order valence-corrected chi connectivity index (χ4v) is 3.61. The van der Waals surface area contributed by atoms with Gasteiger partial charge in [0.25, 0.3) is 0 Å². The first-order valence-corrected chi connectivity index (χ1v) is 10.1. The molecule has 7 heteroatoms. The highest BCUT2D eigenvalue weighted by molar-refractivity contribution is 14.0. The molecule has 1 aromatic carbocycles. The molecule has 0 bridgehead atoms. The van der Waals surface area contributed by atoms with Crippen molar-refractivity contribution in [1.29, 1.82) is 0 Å². The zero-order valence-electron chi connectivity index (χ0n) is 16.9. The second-order valence-corrected chi connectivity index (χ2v) is 7.01. The molecular formula is C21H32IN5O. The van der Waals surface area contributed by atoms with E-state index >= 15 is 0 Å². The highest BCUT2D eigenvalue weighted by Gasteiger charge is 2.25. The number of aryl methyl sites for hydroxylation is 1. The van der Waals surface area contributed by atoms with Crippen LogP contribution in [0.2, 0.25) is 0 Å². The van der Waals surface area contributed by atoms with Crippen molar-refractivity contribution in [1.82, 2.24) is 20.1 Å². The molecule has 1 aromatic heterocycles. The number of likely N-dealkylation sites (tertiary alicyclic amines) is 1. The maximum Gasteiger partial charge on any atom is 0.222 e. The van der Waals surface area contributed by atoms with E-state index in [4.69, 9.17) is 4.99 Å².